The average molecular weight is 369 g/mol. The zero-order valence-corrected chi connectivity index (χ0v) is 16.7. The lowest BCUT2D eigenvalue weighted by molar-refractivity contribution is -0.121. The van der Waals surface area contributed by atoms with Crippen LogP contribution in [-0.4, -0.2) is 42.0 Å². The van der Waals surface area contributed by atoms with Crippen LogP contribution in [0.2, 0.25) is 0 Å². The fourth-order valence-electron chi connectivity index (χ4n) is 3.09. The molecule has 3 heterocycles. The van der Waals surface area contributed by atoms with E-state index in [0.717, 1.165) is 35.7 Å². The van der Waals surface area contributed by atoms with Crippen LogP contribution in [0.5, 0.6) is 0 Å². The molecule has 8 heteroatoms. The molecule has 0 spiro atoms. The molecule has 0 saturated carbocycles. The molecule has 0 saturated heterocycles. The Hall–Kier alpha value is -2.77. The van der Waals surface area contributed by atoms with Gasteiger partial charge in [-0.05, 0) is 57.2 Å². The highest BCUT2D eigenvalue weighted by Crippen LogP contribution is 2.18. The summed E-state index contributed by atoms with van der Waals surface area (Å²) in [5, 5.41) is 20.3. The molecular formula is C19H27N7O. The van der Waals surface area contributed by atoms with Gasteiger partial charge >= 0.3 is 0 Å². The van der Waals surface area contributed by atoms with Gasteiger partial charge in [0, 0.05) is 18.7 Å². The normalized spacial score (nSPS) is 11.5. The molecule has 1 amide bonds. The highest BCUT2D eigenvalue weighted by Gasteiger charge is 2.16. The number of rotatable bonds is 7. The van der Waals surface area contributed by atoms with E-state index >= 15 is 0 Å². The van der Waals surface area contributed by atoms with E-state index in [2.05, 4.69) is 39.6 Å². The van der Waals surface area contributed by atoms with Crippen LogP contribution >= 0.6 is 0 Å². The number of carbonyl (C=O) groups excluding carboxylic acids is 1. The van der Waals surface area contributed by atoms with E-state index < -0.39 is 0 Å². The van der Waals surface area contributed by atoms with Gasteiger partial charge in [0.05, 0.1) is 5.69 Å². The Bertz CT molecular complexity index is 955. The van der Waals surface area contributed by atoms with Crippen LogP contribution in [0.1, 0.15) is 49.5 Å². The van der Waals surface area contributed by atoms with E-state index in [1.165, 1.54) is 0 Å². The van der Waals surface area contributed by atoms with Crippen molar-refractivity contribution >= 4 is 11.6 Å². The number of hydrogen-bond donors (Lipinski definition) is 1. The number of amides is 1. The second-order valence-electron chi connectivity index (χ2n) is 7.30. The van der Waals surface area contributed by atoms with Crippen LogP contribution in [0.3, 0.4) is 0 Å². The molecule has 3 aromatic rings. The smallest absolute Gasteiger partial charge is 0.220 e. The van der Waals surface area contributed by atoms with Gasteiger partial charge in [0.1, 0.15) is 0 Å². The maximum absolute atomic E-state index is 12.1. The summed E-state index contributed by atoms with van der Waals surface area (Å²) in [7, 11) is 0. The number of aryl methyl sites for hydroxylation is 2. The molecule has 8 nitrogen and oxygen atoms in total. The van der Waals surface area contributed by atoms with E-state index in [0.29, 0.717) is 30.2 Å². The quantitative estimate of drug-likeness (QED) is 0.690. The van der Waals surface area contributed by atoms with Crippen LogP contribution < -0.4 is 5.32 Å². The predicted molar refractivity (Wildman–Crippen MR) is 103 cm³/mol. The molecule has 3 aromatic heterocycles. The minimum atomic E-state index is 0.0851. The Labute approximate surface area is 159 Å². The Balaban J connectivity index is 1.74. The van der Waals surface area contributed by atoms with Gasteiger partial charge in [0.25, 0.3) is 0 Å². The molecular weight excluding hydrogens is 342 g/mol. The van der Waals surface area contributed by atoms with Gasteiger partial charge in [-0.3, -0.25) is 4.79 Å². The monoisotopic (exact) mass is 369 g/mol. The number of nitrogens with zero attached hydrogens (tertiary/aromatic N) is 6. The topological polar surface area (TPSA) is 90.0 Å². The van der Waals surface area contributed by atoms with E-state index in [9.17, 15) is 4.79 Å². The molecule has 0 atom stereocenters. The third-order valence-electron chi connectivity index (χ3n) is 4.71. The first kappa shape index (κ1) is 19.0. The van der Waals surface area contributed by atoms with E-state index in [4.69, 9.17) is 0 Å². The largest absolute Gasteiger partial charge is 0.356 e. The van der Waals surface area contributed by atoms with Gasteiger partial charge in [-0.25, -0.2) is 4.68 Å². The lowest BCUT2D eigenvalue weighted by atomic mass is 10.1. The summed E-state index contributed by atoms with van der Waals surface area (Å²) < 4.78 is 3.52. The predicted octanol–water partition coefficient (Wildman–Crippen LogP) is 2.33. The number of aromatic nitrogens is 6. The molecule has 0 aliphatic carbocycles. The Morgan fingerprint density at radius 2 is 1.93 bits per heavy atom. The van der Waals surface area contributed by atoms with Crippen LogP contribution in [0.25, 0.3) is 11.5 Å². The van der Waals surface area contributed by atoms with Crippen molar-refractivity contribution in [2.45, 2.75) is 53.9 Å². The maximum Gasteiger partial charge on any atom is 0.220 e. The lowest BCUT2D eigenvalue weighted by Gasteiger charge is -2.08. The summed E-state index contributed by atoms with van der Waals surface area (Å²) in [5.74, 6) is 2.11. The van der Waals surface area contributed by atoms with Crippen molar-refractivity contribution in [3.63, 3.8) is 0 Å². The van der Waals surface area contributed by atoms with Crippen molar-refractivity contribution < 1.29 is 4.79 Å². The highest BCUT2D eigenvalue weighted by molar-refractivity contribution is 5.76. The summed E-state index contributed by atoms with van der Waals surface area (Å²) >= 11 is 0. The number of fused-ring (bicyclic) bond motifs is 1. The number of hydrogen-bond acceptors (Lipinski definition) is 5. The van der Waals surface area contributed by atoms with Crippen molar-refractivity contribution in [3.8, 4) is 5.82 Å². The van der Waals surface area contributed by atoms with Crippen molar-refractivity contribution in [2.24, 2.45) is 5.92 Å². The zero-order chi connectivity index (χ0) is 19.6. The molecule has 0 radical (unpaired) electrons. The minimum Gasteiger partial charge on any atom is -0.356 e. The van der Waals surface area contributed by atoms with Crippen LogP contribution in [-0.2, 0) is 11.2 Å². The molecule has 0 unspecified atom stereocenters. The molecule has 0 aliphatic heterocycles. The summed E-state index contributed by atoms with van der Waals surface area (Å²) in [6.07, 6.45) is 2.12. The van der Waals surface area contributed by atoms with Gasteiger partial charge in [0.2, 0.25) is 5.91 Å². The molecule has 27 heavy (non-hydrogen) atoms. The summed E-state index contributed by atoms with van der Waals surface area (Å²) in [6.45, 7) is 10.9. The molecule has 0 aliphatic rings. The summed E-state index contributed by atoms with van der Waals surface area (Å²) in [4.78, 5) is 12.1. The first-order chi connectivity index (χ1) is 12.9. The van der Waals surface area contributed by atoms with Crippen molar-refractivity contribution in [3.05, 3.63) is 34.9 Å². The molecule has 0 bridgehead atoms. The van der Waals surface area contributed by atoms with E-state index in [1.54, 1.807) is 4.52 Å². The molecule has 0 fully saturated rings. The van der Waals surface area contributed by atoms with Gasteiger partial charge in [-0.15, -0.1) is 15.3 Å². The van der Waals surface area contributed by atoms with Crippen LogP contribution in [0.15, 0.2) is 12.1 Å². The second kappa shape index (κ2) is 7.85. The maximum atomic E-state index is 12.1. The Morgan fingerprint density at radius 1 is 1.15 bits per heavy atom. The second-order valence-corrected chi connectivity index (χ2v) is 7.30. The molecule has 0 aromatic carbocycles. The zero-order valence-electron chi connectivity index (χ0n) is 16.7. The third-order valence-corrected chi connectivity index (χ3v) is 4.71. The molecule has 144 valence electrons. The van der Waals surface area contributed by atoms with Crippen molar-refractivity contribution in [2.75, 3.05) is 6.54 Å². The van der Waals surface area contributed by atoms with Crippen molar-refractivity contribution in [1.82, 2.24) is 34.9 Å². The van der Waals surface area contributed by atoms with Crippen LogP contribution in [0.4, 0.5) is 0 Å². The third kappa shape index (κ3) is 4.15. The minimum absolute atomic E-state index is 0.0851. The average Bonchev–Trinajstić information content (AvgIpc) is 3.12. The fourth-order valence-corrected chi connectivity index (χ4v) is 3.09. The lowest BCUT2D eigenvalue weighted by Crippen LogP contribution is -2.25. The van der Waals surface area contributed by atoms with Gasteiger partial charge in [-0.2, -0.15) is 9.61 Å². The Morgan fingerprint density at radius 3 is 2.67 bits per heavy atom. The van der Waals surface area contributed by atoms with Gasteiger partial charge in [0.15, 0.2) is 17.3 Å². The first-order valence-electron chi connectivity index (χ1n) is 9.38. The fraction of sp³-hybridized carbons (Fsp3) is 0.526. The molecule has 1 N–H and O–H groups in total. The van der Waals surface area contributed by atoms with E-state index in [-0.39, 0.29) is 5.91 Å². The van der Waals surface area contributed by atoms with E-state index in [1.807, 2.05) is 37.6 Å². The SMILES string of the molecule is Cc1nn(-c2ccc3nnc(C)n3n2)c(C)c1CCC(=O)NCCC(C)C. The van der Waals surface area contributed by atoms with Crippen LogP contribution in [0, 0.1) is 26.7 Å². The summed E-state index contributed by atoms with van der Waals surface area (Å²) in [5.41, 5.74) is 3.72. The number of carbonyl (C=O) groups is 1. The molecule has 3 rings (SSSR count). The van der Waals surface area contributed by atoms with Gasteiger partial charge < -0.3 is 5.32 Å². The van der Waals surface area contributed by atoms with Gasteiger partial charge in [-0.1, -0.05) is 13.8 Å². The number of nitrogens with one attached hydrogen (secondary N) is 1. The van der Waals surface area contributed by atoms with Crippen molar-refractivity contribution in [1.29, 1.82) is 0 Å². The highest BCUT2D eigenvalue weighted by atomic mass is 16.1. The summed E-state index contributed by atoms with van der Waals surface area (Å²) in [6, 6.07) is 3.76. The Kier molecular flexibility index (Phi) is 5.53. The first-order valence-corrected chi connectivity index (χ1v) is 9.38. The standard InChI is InChI=1S/C19H27N7O/c1-12(2)10-11-20-19(27)9-6-16-13(3)23-25(14(16)4)18-8-7-17-22-21-15(5)26(17)24-18/h7-8,12H,6,9-11H2,1-5H3,(H,20,27).